The van der Waals surface area contributed by atoms with Crippen LogP contribution in [0.4, 0.5) is 5.13 Å². The van der Waals surface area contributed by atoms with Crippen LogP contribution in [0.5, 0.6) is 0 Å². The van der Waals surface area contributed by atoms with Gasteiger partial charge in [0.1, 0.15) is 29.3 Å². The summed E-state index contributed by atoms with van der Waals surface area (Å²) in [6, 6.07) is 11.6. The van der Waals surface area contributed by atoms with Crippen molar-refractivity contribution in [3.05, 3.63) is 69.7 Å². The number of aromatic nitrogens is 4. The number of ether oxygens (including phenoxy) is 2. The zero-order valence-corrected chi connectivity index (χ0v) is 21.8. The van der Waals surface area contributed by atoms with E-state index in [9.17, 15) is 4.79 Å². The maximum Gasteiger partial charge on any atom is 0.258 e. The molecule has 194 valence electrons. The van der Waals surface area contributed by atoms with E-state index in [0.29, 0.717) is 40.6 Å². The Balaban J connectivity index is 1.24. The third-order valence-electron chi connectivity index (χ3n) is 6.63. The number of methoxy groups -OCH3 is 1. The third kappa shape index (κ3) is 6.58. The van der Waals surface area contributed by atoms with Crippen LogP contribution < -0.4 is 10.9 Å². The molecule has 10 heteroatoms. The van der Waals surface area contributed by atoms with Crippen LogP contribution in [0.2, 0.25) is 0 Å². The second-order valence-corrected chi connectivity index (χ2v) is 10.1. The summed E-state index contributed by atoms with van der Waals surface area (Å²) in [7, 11) is 1.75. The van der Waals surface area contributed by atoms with Gasteiger partial charge in [-0.05, 0) is 43.5 Å². The molecule has 37 heavy (non-hydrogen) atoms. The molecule has 4 aromatic rings. The van der Waals surface area contributed by atoms with Crippen LogP contribution in [-0.4, -0.2) is 64.7 Å². The van der Waals surface area contributed by atoms with E-state index in [1.807, 2.05) is 35.7 Å². The van der Waals surface area contributed by atoms with E-state index in [0.717, 1.165) is 43.5 Å². The van der Waals surface area contributed by atoms with Crippen LogP contribution in [0.15, 0.2) is 52.8 Å². The van der Waals surface area contributed by atoms with Crippen molar-refractivity contribution in [2.45, 2.75) is 26.1 Å². The van der Waals surface area contributed by atoms with Crippen LogP contribution in [-0.2, 0) is 22.7 Å². The SMILES string of the molecule is COCCN1CCC(CNc2nc(-c3nccc4c(=O)[nH]c(COCc5ccccc5)nc34)cs2)CC1. The Kier molecular flexibility index (Phi) is 8.52. The van der Waals surface area contributed by atoms with Crippen molar-refractivity contribution in [2.24, 2.45) is 5.92 Å². The number of H-pyrrole nitrogens is 1. The quantitative estimate of drug-likeness (QED) is 0.307. The summed E-state index contributed by atoms with van der Waals surface area (Å²) in [6.45, 7) is 5.54. The Hall–Kier alpha value is -3.18. The largest absolute Gasteiger partial charge is 0.383 e. The van der Waals surface area contributed by atoms with Gasteiger partial charge in [-0.2, -0.15) is 0 Å². The number of thiazole rings is 1. The molecule has 1 aromatic carbocycles. The van der Waals surface area contributed by atoms with Gasteiger partial charge in [0, 0.05) is 31.8 Å². The van der Waals surface area contributed by atoms with Gasteiger partial charge in [-0.15, -0.1) is 11.3 Å². The molecule has 0 aliphatic carbocycles. The maximum atomic E-state index is 12.8. The third-order valence-corrected chi connectivity index (χ3v) is 7.43. The predicted octanol–water partition coefficient (Wildman–Crippen LogP) is 3.93. The lowest BCUT2D eigenvalue weighted by Gasteiger charge is -2.31. The summed E-state index contributed by atoms with van der Waals surface area (Å²) in [5.41, 5.74) is 2.69. The summed E-state index contributed by atoms with van der Waals surface area (Å²) in [4.78, 5) is 32.0. The monoisotopic (exact) mass is 520 g/mol. The van der Waals surface area contributed by atoms with E-state index in [2.05, 4.69) is 25.2 Å². The molecule has 0 amide bonds. The van der Waals surface area contributed by atoms with Crippen LogP contribution in [0.1, 0.15) is 24.2 Å². The topological polar surface area (TPSA) is 105 Å². The summed E-state index contributed by atoms with van der Waals surface area (Å²) >= 11 is 1.55. The average Bonchev–Trinajstić information content (AvgIpc) is 3.40. The Morgan fingerprint density at radius 1 is 1.14 bits per heavy atom. The lowest BCUT2D eigenvalue weighted by atomic mass is 9.97. The smallest absolute Gasteiger partial charge is 0.258 e. The van der Waals surface area contributed by atoms with Crippen molar-refractivity contribution in [2.75, 3.05) is 45.2 Å². The molecular weight excluding hydrogens is 488 g/mol. The van der Waals surface area contributed by atoms with Gasteiger partial charge >= 0.3 is 0 Å². The van der Waals surface area contributed by atoms with Gasteiger partial charge in [0.2, 0.25) is 0 Å². The highest BCUT2D eigenvalue weighted by Gasteiger charge is 2.19. The Labute approximate surface area is 219 Å². The van der Waals surface area contributed by atoms with Crippen LogP contribution in [0.3, 0.4) is 0 Å². The van der Waals surface area contributed by atoms with Crippen molar-refractivity contribution in [3.8, 4) is 11.4 Å². The van der Waals surface area contributed by atoms with Crippen molar-refractivity contribution in [3.63, 3.8) is 0 Å². The molecule has 2 N–H and O–H groups in total. The fraction of sp³-hybridized carbons (Fsp3) is 0.407. The second kappa shape index (κ2) is 12.4. The molecule has 4 heterocycles. The summed E-state index contributed by atoms with van der Waals surface area (Å²) in [5, 5.41) is 6.81. The first-order valence-corrected chi connectivity index (χ1v) is 13.5. The van der Waals surface area contributed by atoms with Gasteiger partial charge in [0.05, 0.1) is 18.6 Å². The molecule has 1 aliphatic heterocycles. The normalized spacial score (nSPS) is 14.8. The number of piperidine rings is 1. The van der Waals surface area contributed by atoms with Crippen molar-refractivity contribution in [1.82, 2.24) is 24.8 Å². The zero-order chi connectivity index (χ0) is 25.5. The fourth-order valence-corrected chi connectivity index (χ4v) is 5.24. The van der Waals surface area contributed by atoms with Gasteiger partial charge in [-0.3, -0.25) is 9.78 Å². The first kappa shape index (κ1) is 25.5. The minimum absolute atomic E-state index is 0.197. The number of likely N-dealkylation sites (tertiary alicyclic amines) is 1. The first-order valence-electron chi connectivity index (χ1n) is 12.6. The van der Waals surface area contributed by atoms with Gasteiger partial charge in [-0.25, -0.2) is 9.97 Å². The minimum atomic E-state index is -0.211. The fourth-order valence-electron chi connectivity index (χ4n) is 4.54. The Morgan fingerprint density at radius 2 is 1.97 bits per heavy atom. The molecule has 0 bridgehead atoms. The molecule has 1 aliphatic rings. The number of nitrogens with zero attached hydrogens (tertiary/aromatic N) is 4. The lowest BCUT2D eigenvalue weighted by molar-refractivity contribution is 0.102. The number of hydrogen-bond acceptors (Lipinski definition) is 9. The molecular formula is C27H32N6O3S. The molecule has 1 saturated heterocycles. The molecule has 0 saturated carbocycles. The highest BCUT2D eigenvalue weighted by molar-refractivity contribution is 7.14. The van der Waals surface area contributed by atoms with E-state index in [-0.39, 0.29) is 12.2 Å². The minimum Gasteiger partial charge on any atom is -0.383 e. The Morgan fingerprint density at radius 3 is 2.78 bits per heavy atom. The summed E-state index contributed by atoms with van der Waals surface area (Å²) in [5.74, 6) is 1.09. The molecule has 0 unspecified atom stereocenters. The highest BCUT2D eigenvalue weighted by atomic mass is 32.1. The average molecular weight is 521 g/mol. The lowest BCUT2D eigenvalue weighted by Crippen LogP contribution is -2.37. The summed E-state index contributed by atoms with van der Waals surface area (Å²) < 4.78 is 11.0. The van der Waals surface area contributed by atoms with Crippen LogP contribution >= 0.6 is 11.3 Å². The van der Waals surface area contributed by atoms with E-state index in [1.165, 1.54) is 12.8 Å². The molecule has 3 aromatic heterocycles. The molecule has 0 atom stereocenters. The summed E-state index contributed by atoms with van der Waals surface area (Å²) in [6.07, 6.45) is 3.97. The van der Waals surface area contributed by atoms with Crippen LogP contribution in [0, 0.1) is 5.92 Å². The van der Waals surface area contributed by atoms with E-state index >= 15 is 0 Å². The van der Waals surface area contributed by atoms with Crippen molar-refractivity contribution < 1.29 is 9.47 Å². The van der Waals surface area contributed by atoms with Gasteiger partial charge in [0.25, 0.3) is 5.56 Å². The number of rotatable bonds is 11. The van der Waals surface area contributed by atoms with Gasteiger partial charge in [0.15, 0.2) is 5.13 Å². The molecule has 0 spiro atoms. The predicted molar refractivity (Wildman–Crippen MR) is 146 cm³/mol. The first-order chi connectivity index (χ1) is 18.2. The number of benzene rings is 1. The second-order valence-electron chi connectivity index (χ2n) is 9.24. The van der Waals surface area contributed by atoms with Crippen molar-refractivity contribution >= 4 is 27.4 Å². The van der Waals surface area contributed by atoms with E-state index < -0.39 is 0 Å². The number of pyridine rings is 1. The van der Waals surface area contributed by atoms with Crippen LogP contribution in [0.25, 0.3) is 22.3 Å². The van der Waals surface area contributed by atoms with Gasteiger partial charge < -0.3 is 24.7 Å². The number of aromatic amines is 1. The standard InChI is InChI=1S/C27H32N6O3S/c1-35-14-13-33-11-8-19(9-12-33)15-29-27-30-22(18-37-27)25-24-21(7-10-28-25)26(34)32-23(31-24)17-36-16-20-5-3-2-4-6-20/h2-7,10,18-19H,8-9,11-17H2,1H3,(H,29,30)(H,31,32,34). The molecule has 0 radical (unpaired) electrons. The number of nitrogens with one attached hydrogen (secondary N) is 2. The molecule has 5 rings (SSSR count). The molecule has 9 nitrogen and oxygen atoms in total. The number of anilines is 1. The Bertz CT molecular complexity index is 1350. The number of fused-ring (bicyclic) bond motifs is 1. The zero-order valence-electron chi connectivity index (χ0n) is 21.0. The number of hydrogen-bond donors (Lipinski definition) is 2. The maximum absolute atomic E-state index is 12.8. The van der Waals surface area contributed by atoms with E-state index in [4.69, 9.17) is 14.5 Å². The highest BCUT2D eigenvalue weighted by Crippen LogP contribution is 2.28. The van der Waals surface area contributed by atoms with Gasteiger partial charge in [-0.1, -0.05) is 30.3 Å². The molecule has 1 fully saturated rings. The van der Waals surface area contributed by atoms with Crippen molar-refractivity contribution in [1.29, 1.82) is 0 Å². The van der Waals surface area contributed by atoms with E-state index in [1.54, 1.807) is 30.7 Å².